The topological polar surface area (TPSA) is 3.24 Å². The van der Waals surface area contributed by atoms with Crippen molar-refractivity contribution in [2.75, 3.05) is 6.54 Å². The molecule has 0 fully saturated rings. The highest BCUT2D eigenvalue weighted by Gasteiger charge is 2.33. The number of rotatable bonds is 2. The molecule has 2 aliphatic rings. The van der Waals surface area contributed by atoms with Crippen LogP contribution in [0.15, 0.2) is 71.6 Å². The first kappa shape index (κ1) is 15.2. The predicted molar refractivity (Wildman–Crippen MR) is 106 cm³/mol. The van der Waals surface area contributed by atoms with Crippen molar-refractivity contribution in [3.05, 3.63) is 89.0 Å². The Balaban J connectivity index is 1.51. The average Bonchev–Trinajstić information content (AvgIpc) is 3.11. The van der Waals surface area contributed by atoms with Gasteiger partial charge in [-0.2, -0.15) is 0 Å². The Hall–Kier alpha value is -2.03. The van der Waals surface area contributed by atoms with E-state index in [4.69, 9.17) is 0 Å². The Morgan fingerprint density at radius 3 is 2.20 bits per heavy atom. The molecule has 2 heteroatoms. The normalized spacial score (nSPS) is 18.9. The molecule has 0 amide bonds. The third kappa shape index (κ3) is 2.36. The van der Waals surface area contributed by atoms with Crippen molar-refractivity contribution in [2.45, 2.75) is 30.3 Å². The van der Waals surface area contributed by atoms with E-state index in [-0.39, 0.29) is 0 Å². The van der Waals surface area contributed by atoms with Crippen LogP contribution in [0.1, 0.15) is 41.1 Å². The predicted octanol–water partition coefficient (Wildman–Crippen LogP) is 5.66. The third-order valence-corrected chi connectivity index (χ3v) is 6.16. The minimum atomic E-state index is 0.458. The van der Waals surface area contributed by atoms with E-state index in [1.165, 1.54) is 33.4 Å². The SMILES string of the molecule is CC1c2ccc(S)cc2CN1CC1c2ccccc2-c2ccccc21. The van der Waals surface area contributed by atoms with Crippen LogP contribution in [-0.2, 0) is 6.54 Å². The smallest absolute Gasteiger partial charge is 0.0327 e. The van der Waals surface area contributed by atoms with Crippen LogP contribution >= 0.6 is 12.6 Å². The second-order valence-corrected chi connectivity index (χ2v) is 7.73. The lowest BCUT2D eigenvalue weighted by Gasteiger charge is -2.26. The molecule has 0 saturated heterocycles. The first-order chi connectivity index (χ1) is 12.2. The van der Waals surface area contributed by atoms with Crippen molar-refractivity contribution >= 4 is 12.6 Å². The molecule has 0 aromatic heterocycles. The lowest BCUT2D eigenvalue weighted by molar-refractivity contribution is 0.223. The van der Waals surface area contributed by atoms with Crippen LogP contribution in [0.5, 0.6) is 0 Å². The van der Waals surface area contributed by atoms with E-state index in [2.05, 4.69) is 91.2 Å². The zero-order valence-corrected chi connectivity index (χ0v) is 15.2. The third-order valence-electron chi connectivity index (χ3n) is 5.88. The Morgan fingerprint density at radius 1 is 0.880 bits per heavy atom. The van der Waals surface area contributed by atoms with E-state index >= 15 is 0 Å². The Bertz CT molecular complexity index is 916. The van der Waals surface area contributed by atoms with Gasteiger partial charge < -0.3 is 0 Å². The summed E-state index contributed by atoms with van der Waals surface area (Å²) in [5.41, 5.74) is 8.65. The van der Waals surface area contributed by atoms with E-state index in [0.29, 0.717) is 12.0 Å². The van der Waals surface area contributed by atoms with Crippen molar-refractivity contribution in [3.8, 4) is 11.1 Å². The van der Waals surface area contributed by atoms with Crippen molar-refractivity contribution in [1.29, 1.82) is 0 Å². The van der Waals surface area contributed by atoms with Gasteiger partial charge in [-0.1, -0.05) is 54.6 Å². The van der Waals surface area contributed by atoms with Crippen molar-refractivity contribution < 1.29 is 0 Å². The summed E-state index contributed by atoms with van der Waals surface area (Å²) in [5, 5.41) is 0. The molecule has 0 N–H and O–H groups in total. The molecule has 1 aliphatic carbocycles. The molecule has 1 nitrogen and oxygen atoms in total. The lowest BCUT2D eigenvalue weighted by Crippen LogP contribution is -2.26. The number of thiol groups is 1. The summed E-state index contributed by atoms with van der Waals surface area (Å²) in [6.45, 7) is 4.41. The summed E-state index contributed by atoms with van der Waals surface area (Å²) in [7, 11) is 0. The Morgan fingerprint density at radius 2 is 1.52 bits per heavy atom. The summed E-state index contributed by atoms with van der Waals surface area (Å²) in [6.07, 6.45) is 0. The van der Waals surface area contributed by atoms with Gasteiger partial charge in [0.25, 0.3) is 0 Å². The summed E-state index contributed by atoms with van der Waals surface area (Å²) in [6, 6.07) is 24.9. The maximum absolute atomic E-state index is 4.51. The molecule has 5 rings (SSSR count). The van der Waals surface area contributed by atoms with Crippen LogP contribution in [0.25, 0.3) is 11.1 Å². The van der Waals surface area contributed by atoms with Gasteiger partial charge in [-0.3, -0.25) is 4.90 Å². The molecule has 25 heavy (non-hydrogen) atoms. The highest BCUT2D eigenvalue weighted by Crippen LogP contribution is 2.46. The van der Waals surface area contributed by atoms with Gasteiger partial charge in [0.05, 0.1) is 0 Å². The molecule has 3 aromatic carbocycles. The zero-order chi connectivity index (χ0) is 17.0. The van der Waals surface area contributed by atoms with E-state index in [0.717, 1.165) is 18.0 Å². The maximum atomic E-state index is 4.51. The number of hydrogen-bond donors (Lipinski definition) is 1. The monoisotopic (exact) mass is 343 g/mol. The van der Waals surface area contributed by atoms with Gasteiger partial charge in [-0.05, 0) is 52.4 Å². The van der Waals surface area contributed by atoms with Gasteiger partial charge in [-0.15, -0.1) is 12.6 Å². The van der Waals surface area contributed by atoms with Crippen LogP contribution in [0, 0.1) is 0 Å². The molecule has 0 radical (unpaired) electrons. The van der Waals surface area contributed by atoms with E-state index in [1.807, 2.05) is 0 Å². The van der Waals surface area contributed by atoms with Gasteiger partial charge >= 0.3 is 0 Å². The molecule has 3 aromatic rings. The summed E-state index contributed by atoms with van der Waals surface area (Å²) < 4.78 is 0. The number of nitrogens with zero attached hydrogens (tertiary/aromatic N) is 1. The van der Waals surface area contributed by atoms with Crippen molar-refractivity contribution in [3.63, 3.8) is 0 Å². The zero-order valence-electron chi connectivity index (χ0n) is 14.3. The molecule has 1 unspecified atom stereocenters. The highest BCUT2D eigenvalue weighted by atomic mass is 32.1. The summed E-state index contributed by atoms with van der Waals surface area (Å²) in [5.74, 6) is 0.458. The Labute approximate surface area is 154 Å². The molecular formula is C23H21NS. The number of hydrogen-bond acceptors (Lipinski definition) is 2. The van der Waals surface area contributed by atoms with E-state index in [9.17, 15) is 0 Å². The number of fused-ring (bicyclic) bond motifs is 4. The molecule has 124 valence electrons. The van der Waals surface area contributed by atoms with Gasteiger partial charge in [0.1, 0.15) is 0 Å². The molecule has 1 aliphatic heterocycles. The average molecular weight is 343 g/mol. The van der Waals surface area contributed by atoms with Crippen LogP contribution < -0.4 is 0 Å². The standard InChI is InChI=1S/C23H21NS/c1-15-18-11-10-17(25)12-16(18)13-24(15)14-23-21-8-4-2-6-19(21)20-7-3-5-9-22(20)23/h2-12,15,23,25H,13-14H2,1H3. The fraction of sp³-hybridized carbons (Fsp3) is 0.217. The first-order valence-electron chi connectivity index (χ1n) is 8.96. The molecule has 0 bridgehead atoms. The van der Waals surface area contributed by atoms with Crippen LogP contribution in [0.2, 0.25) is 0 Å². The Kier molecular flexibility index (Phi) is 3.51. The van der Waals surface area contributed by atoms with Gasteiger partial charge in [0.2, 0.25) is 0 Å². The molecule has 0 spiro atoms. The van der Waals surface area contributed by atoms with Crippen LogP contribution in [0.4, 0.5) is 0 Å². The fourth-order valence-corrected chi connectivity index (χ4v) is 4.83. The van der Waals surface area contributed by atoms with Gasteiger partial charge in [0.15, 0.2) is 0 Å². The van der Waals surface area contributed by atoms with E-state index < -0.39 is 0 Å². The van der Waals surface area contributed by atoms with Crippen molar-refractivity contribution in [2.24, 2.45) is 0 Å². The summed E-state index contributed by atoms with van der Waals surface area (Å²) in [4.78, 5) is 3.67. The minimum absolute atomic E-state index is 0.458. The van der Waals surface area contributed by atoms with Crippen LogP contribution in [-0.4, -0.2) is 11.4 Å². The quantitative estimate of drug-likeness (QED) is 0.587. The lowest BCUT2D eigenvalue weighted by atomic mass is 9.96. The van der Waals surface area contributed by atoms with E-state index in [1.54, 1.807) is 0 Å². The number of benzene rings is 3. The second-order valence-electron chi connectivity index (χ2n) is 7.22. The second kappa shape index (κ2) is 5.76. The maximum Gasteiger partial charge on any atom is 0.0327 e. The first-order valence-corrected chi connectivity index (χ1v) is 9.41. The highest BCUT2D eigenvalue weighted by molar-refractivity contribution is 7.80. The van der Waals surface area contributed by atoms with Gasteiger partial charge in [-0.25, -0.2) is 0 Å². The fourth-order valence-electron chi connectivity index (χ4n) is 4.60. The van der Waals surface area contributed by atoms with Crippen molar-refractivity contribution in [1.82, 2.24) is 4.90 Å². The largest absolute Gasteiger partial charge is 0.291 e. The summed E-state index contributed by atoms with van der Waals surface area (Å²) >= 11 is 4.51. The molecule has 0 saturated carbocycles. The minimum Gasteiger partial charge on any atom is -0.291 e. The molecule has 1 heterocycles. The molecule has 1 atom stereocenters. The van der Waals surface area contributed by atoms with Crippen LogP contribution in [0.3, 0.4) is 0 Å². The molecular weight excluding hydrogens is 322 g/mol. The van der Waals surface area contributed by atoms with Gasteiger partial charge in [0, 0.05) is 29.9 Å².